The Morgan fingerprint density at radius 3 is 2.22 bits per heavy atom. The molecule has 0 saturated carbocycles. The molecule has 27 heavy (non-hydrogen) atoms. The van der Waals surface area contributed by atoms with Crippen LogP contribution in [0.15, 0.2) is 24.3 Å². The van der Waals surface area contributed by atoms with Crippen LogP contribution in [-0.2, 0) is 15.8 Å². The van der Waals surface area contributed by atoms with Crippen molar-refractivity contribution >= 4 is 11.8 Å². The van der Waals surface area contributed by atoms with E-state index in [4.69, 9.17) is 4.74 Å². The number of ether oxygens (including phenoxy) is 1. The molecular weight excluding hydrogens is 379 g/mol. The van der Waals surface area contributed by atoms with E-state index >= 15 is 0 Å². The highest BCUT2D eigenvalue weighted by Gasteiger charge is 2.58. The first-order chi connectivity index (χ1) is 12.4. The third-order valence-electron chi connectivity index (χ3n) is 4.38. The molecule has 1 aliphatic rings. The molecule has 11 heteroatoms. The van der Waals surface area contributed by atoms with E-state index in [2.05, 4.69) is 5.73 Å². The molecule has 150 valence electrons. The van der Waals surface area contributed by atoms with Crippen molar-refractivity contribution in [2.24, 2.45) is 5.73 Å². The molecule has 0 aliphatic carbocycles. The van der Waals surface area contributed by atoms with Crippen LogP contribution in [0.4, 0.5) is 22.0 Å². The van der Waals surface area contributed by atoms with Crippen molar-refractivity contribution in [1.82, 2.24) is 4.90 Å². The number of hydrogen-bond acceptors (Lipinski definition) is 4. The van der Waals surface area contributed by atoms with Crippen molar-refractivity contribution in [3.63, 3.8) is 0 Å². The Balaban J connectivity index is 1.98. The lowest BCUT2D eigenvalue weighted by atomic mass is 9.84. The highest BCUT2D eigenvalue weighted by molar-refractivity contribution is 5.83. The van der Waals surface area contributed by atoms with Crippen LogP contribution in [0.3, 0.4) is 0 Å². The fourth-order valence-electron chi connectivity index (χ4n) is 2.73. The molecule has 3 N–H and O–H groups in total. The summed E-state index contributed by atoms with van der Waals surface area (Å²) in [6.07, 6.45) is -5.90. The van der Waals surface area contributed by atoms with Gasteiger partial charge in [-0.05, 0) is 12.1 Å². The second-order valence-electron chi connectivity index (χ2n) is 6.13. The Labute approximate surface area is 150 Å². The lowest BCUT2D eigenvalue weighted by Gasteiger charge is -2.41. The summed E-state index contributed by atoms with van der Waals surface area (Å²) in [6, 6.07) is 4.33. The van der Waals surface area contributed by atoms with Crippen molar-refractivity contribution in [1.29, 1.82) is 0 Å². The maximum Gasteiger partial charge on any atom is 0.419 e. The van der Waals surface area contributed by atoms with Gasteiger partial charge in [-0.15, -0.1) is 0 Å². The van der Waals surface area contributed by atoms with Crippen LogP contribution < -0.4 is 10.5 Å². The Kier molecular flexibility index (Phi) is 5.64. The van der Waals surface area contributed by atoms with Gasteiger partial charge in [-0.25, -0.2) is 0 Å². The molecule has 0 bridgehead atoms. The zero-order valence-corrected chi connectivity index (χ0v) is 13.9. The third-order valence-corrected chi connectivity index (χ3v) is 4.38. The molecule has 2 amide bonds. The minimum Gasteiger partial charge on any atom is -0.483 e. The molecule has 1 heterocycles. The van der Waals surface area contributed by atoms with Crippen molar-refractivity contribution in [3.8, 4) is 5.75 Å². The first kappa shape index (κ1) is 20.9. The molecule has 0 unspecified atom stereocenters. The molecule has 1 aliphatic heterocycles. The molecule has 1 fully saturated rings. The Morgan fingerprint density at radius 1 is 1.15 bits per heavy atom. The third kappa shape index (κ3) is 4.29. The van der Waals surface area contributed by atoms with Crippen LogP contribution in [-0.4, -0.2) is 53.0 Å². The van der Waals surface area contributed by atoms with Crippen LogP contribution in [0.5, 0.6) is 5.75 Å². The summed E-state index contributed by atoms with van der Waals surface area (Å²) in [4.78, 5) is 24.0. The number of amides is 2. The summed E-state index contributed by atoms with van der Waals surface area (Å²) in [7, 11) is 0. The number of likely N-dealkylation sites (tertiary alicyclic amines) is 1. The predicted octanol–water partition coefficient (Wildman–Crippen LogP) is 1.56. The van der Waals surface area contributed by atoms with Crippen molar-refractivity contribution in [3.05, 3.63) is 29.8 Å². The molecule has 0 radical (unpaired) electrons. The highest BCUT2D eigenvalue weighted by atomic mass is 19.4. The van der Waals surface area contributed by atoms with Gasteiger partial charge in [-0.1, -0.05) is 12.1 Å². The maximum absolute atomic E-state index is 13.7. The van der Waals surface area contributed by atoms with Gasteiger partial charge in [0, 0.05) is 25.9 Å². The normalized spacial score (nSPS) is 17.5. The van der Waals surface area contributed by atoms with Crippen LogP contribution in [0.25, 0.3) is 0 Å². The fraction of sp³-hybridized carbons (Fsp3) is 0.500. The van der Waals surface area contributed by atoms with Gasteiger partial charge in [-0.2, -0.15) is 22.0 Å². The number of primary amides is 1. The number of aliphatic hydroxyl groups is 1. The monoisotopic (exact) mass is 396 g/mol. The topological polar surface area (TPSA) is 92.9 Å². The zero-order chi connectivity index (χ0) is 20.5. The molecule has 2 rings (SSSR count). The molecule has 1 aromatic carbocycles. The van der Waals surface area contributed by atoms with Gasteiger partial charge in [0.15, 0.2) is 6.61 Å². The van der Waals surface area contributed by atoms with Gasteiger partial charge in [0.2, 0.25) is 0 Å². The Hall–Kier alpha value is -2.43. The van der Waals surface area contributed by atoms with Crippen LogP contribution >= 0.6 is 0 Å². The van der Waals surface area contributed by atoms with E-state index in [0.717, 1.165) is 17.0 Å². The molecule has 0 aromatic heterocycles. The summed E-state index contributed by atoms with van der Waals surface area (Å²) in [5, 5.41) is 9.96. The number of para-hydroxylation sites is 1. The maximum atomic E-state index is 13.7. The second-order valence-corrected chi connectivity index (χ2v) is 6.13. The minimum atomic E-state index is -4.67. The van der Waals surface area contributed by atoms with E-state index in [1.165, 1.54) is 12.1 Å². The first-order valence-electron chi connectivity index (χ1n) is 7.85. The van der Waals surface area contributed by atoms with Crippen LogP contribution in [0, 0.1) is 0 Å². The van der Waals surface area contributed by atoms with Gasteiger partial charge < -0.3 is 20.5 Å². The SMILES string of the molecule is NC(=O)C(F)(F)C1(O)CCN(C(=O)COc2ccccc2C(F)(F)F)CC1. The van der Waals surface area contributed by atoms with Crippen LogP contribution in [0.2, 0.25) is 0 Å². The minimum absolute atomic E-state index is 0.331. The number of rotatable bonds is 5. The Morgan fingerprint density at radius 2 is 1.70 bits per heavy atom. The van der Waals surface area contributed by atoms with E-state index in [1.54, 1.807) is 0 Å². The van der Waals surface area contributed by atoms with E-state index in [0.29, 0.717) is 0 Å². The number of piperidine rings is 1. The molecule has 0 spiro atoms. The van der Waals surface area contributed by atoms with Gasteiger partial charge in [-0.3, -0.25) is 9.59 Å². The largest absolute Gasteiger partial charge is 0.483 e. The average Bonchev–Trinajstić information content (AvgIpc) is 2.59. The van der Waals surface area contributed by atoms with E-state index < -0.39 is 60.3 Å². The quantitative estimate of drug-likeness (QED) is 0.739. The van der Waals surface area contributed by atoms with E-state index in [9.17, 15) is 36.6 Å². The summed E-state index contributed by atoms with van der Waals surface area (Å²) in [6.45, 7) is -1.40. The number of benzene rings is 1. The number of nitrogens with zero attached hydrogens (tertiary/aromatic N) is 1. The molecule has 1 saturated heterocycles. The summed E-state index contributed by atoms with van der Waals surface area (Å²) in [5.41, 5.74) is 0.870. The molecule has 0 atom stereocenters. The second kappa shape index (κ2) is 7.29. The number of carbonyl (C=O) groups is 2. The summed E-state index contributed by atoms with van der Waals surface area (Å²) in [5.74, 6) is -7.41. The lowest BCUT2D eigenvalue weighted by Crippen LogP contribution is -2.61. The summed E-state index contributed by atoms with van der Waals surface area (Å²) < 4.78 is 71.0. The smallest absolute Gasteiger partial charge is 0.419 e. The average molecular weight is 396 g/mol. The van der Waals surface area contributed by atoms with Crippen molar-refractivity contribution in [2.45, 2.75) is 30.5 Å². The molecule has 6 nitrogen and oxygen atoms in total. The number of hydrogen-bond donors (Lipinski definition) is 2. The number of alkyl halides is 5. The zero-order valence-electron chi connectivity index (χ0n) is 13.9. The first-order valence-corrected chi connectivity index (χ1v) is 7.85. The van der Waals surface area contributed by atoms with Gasteiger partial charge in [0.05, 0.1) is 5.56 Å². The lowest BCUT2D eigenvalue weighted by molar-refractivity contribution is -0.202. The van der Waals surface area contributed by atoms with Crippen molar-refractivity contribution in [2.75, 3.05) is 19.7 Å². The molecule has 1 aromatic rings. The predicted molar refractivity (Wildman–Crippen MR) is 81.8 cm³/mol. The van der Waals surface area contributed by atoms with Gasteiger partial charge in [0.25, 0.3) is 11.8 Å². The number of carbonyl (C=O) groups excluding carboxylic acids is 2. The van der Waals surface area contributed by atoms with Crippen molar-refractivity contribution < 1.29 is 41.4 Å². The van der Waals surface area contributed by atoms with E-state index in [1.807, 2.05) is 0 Å². The number of halogens is 5. The van der Waals surface area contributed by atoms with E-state index in [-0.39, 0.29) is 13.1 Å². The number of nitrogens with two attached hydrogens (primary N) is 1. The highest BCUT2D eigenvalue weighted by Crippen LogP contribution is 2.38. The van der Waals surface area contributed by atoms with Gasteiger partial charge >= 0.3 is 12.1 Å². The van der Waals surface area contributed by atoms with Crippen LogP contribution in [0.1, 0.15) is 18.4 Å². The molecular formula is C16H17F5N2O4. The summed E-state index contributed by atoms with van der Waals surface area (Å²) >= 11 is 0. The standard InChI is InChI=1S/C16H17F5N2O4/c17-15(18,13(22)25)14(26)5-7-23(8-6-14)12(24)9-27-11-4-2-1-3-10(11)16(19,20)21/h1-4,26H,5-9H2,(H2,22,25). The fourth-order valence-corrected chi connectivity index (χ4v) is 2.73. The van der Waals surface area contributed by atoms with Gasteiger partial charge in [0.1, 0.15) is 11.4 Å². The Bertz CT molecular complexity index is 715.